The number of nitrogens with one attached hydrogen (secondary N) is 1. The first-order valence-corrected chi connectivity index (χ1v) is 10.5. The van der Waals surface area contributed by atoms with Crippen LogP contribution in [0.25, 0.3) is 0 Å². The molecule has 2 aromatic carbocycles. The van der Waals surface area contributed by atoms with E-state index in [-0.39, 0.29) is 22.8 Å². The number of phenolic OH excluding ortho intramolecular Hbond substituents is 2. The molecule has 2 aromatic rings. The number of benzene rings is 2. The van der Waals surface area contributed by atoms with Crippen LogP contribution in [0.1, 0.15) is 44.7 Å². The molecule has 4 rings (SSSR count). The molecule has 1 aliphatic carbocycles. The van der Waals surface area contributed by atoms with Crippen LogP contribution in [0.3, 0.4) is 0 Å². The number of phenols is 2. The maximum atomic E-state index is 13.1. The average Bonchev–Trinajstić information content (AvgIpc) is 3.41. The zero-order valence-corrected chi connectivity index (χ0v) is 17.9. The van der Waals surface area contributed by atoms with E-state index in [2.05, 4.69) is 49.7 Å². The number of hydrogen-bond donors (Lipinski definition) is 3. The maximum Gasteiger partial charge on any atom is 0.235 e. The van der Waals surface area contributed by atoms with Crippen molar-refractivity contribution in [3.63, 3.8) is 0 Å². The van der Waals surface area contributed by atoms with Gasteiger partial charge < -0.3 is 20.4 Å². The fraction of sp³-hybridized carbons (Fsp3) is 0.400. The Morgan fingerprint density at radius 2 is 1.93 bits per heavy atom. The topological polar surface area (TPSA) is 72.8 Å². The van der Waals surface area contributed by atoms with Crippen molar-refractivity contribution < 1.29 is 15.0 Å². The number of aromatic hydroxyl groups is 2. The highest BCUT2D eigenvalue weighted by Crippen LogP contribution is 2.50. The molecule has 158 valence electrons. The van der Waals surface area contributed by atoms with E-state index in [4.69, 9.17) is 0 Å². The monoisotopic (exact) mass is 406 g/mol. The summed E-state index contributed by atoms with van der Waals surface area (Å²) in [6.07, 6.45) is 4.33. The normalized spacial score (nSPS) is 19.3. The van der Waals surface area contributed by atoms with E-state index in [1.165, 1.54) is 23.4 Å². The van der Waals surface area contributed by atoms with Gasteiger partial charge in [-0.15, -0.1) is 6.58 Å². The quantitative estimate of drug-likeness (QED) is 0.496. The van der Waals surface area contributed by atoms with Crippen LogP contribution in [0.5, 0.6) is 11.5 Å². The minimum atomic E-state index is -0.632. The fourth-order valence-corrected chi connectivity index (χ4v) is 4.58. The molecule has 1 aliphatic heterocycles. The Kier molecular flexibility index (Phi) is 4.80. The lowest BCUT2D eigenvalue weighted by molar-refractivity contribution is -0.118. The van der Waals surface area contributed by atoms with Crippen molar-refractivity contribution in [2.45, 2.75) is 51.5 Å². The van der Waals surface area contributed by atoms with Gasteiger partial charge in [0.15, 0.2) is 11.5 Å². The van der Waals surface area contributed by atoms with E-state index in [9.17, 15) is 15.0 Å². The number of nitrogens with zero attached hydrogens (tertiary/aromatic N) is 1. The minimum absolute atomic E-state index is 0.0687. The molecular formula is C25H30N2O3. The van der Waals surface area contributed by atoms with E-state index in [1.807, 2.05) is 12.1 Å². The molecule has 1 unspecified atom stereocenters. The second kappa shape index (κ2) is 7.08. The number of carbonyl (C=O) groups excluding carboxylic acids is 1. The van der Waals surface area contributed by atoms with Crippen LogP contribution in [-0.2, 0) is 16.6 Å². The Morgan fingerprint density at radius 1 is 1.20 bits per heavy atom. The largest absolute Gasteiger partial charge is 0.504 e. The minimum Gasteiger partial charge on any atom is -0.504 e. The smallest absolute Gasteiger partial charge is 0.235 e. The molecule has 1 amide bonds. The molecule has 0 aromatic heterocycles. The Labute approximate surface area is 178 Å². The third kappa shape index (κ3) is 3.42. The lowest BCUT2D eigenvalue weighted by atomic mass is 9.84. The van der Waals surface area contributed by atoms with Crippen molar-refractivity contribution >= 4 is 17.3 Å². The molecule has 2 aliphatic rings. The summed E-state index contributed by atoms with van der Waals surface area (Å²) < 4.78 is 0. The van der Waals surface area contributed by atoms with Crippen molar-refractivity contribution in [2.24, 2.45) is 5.41 Å². The van der Waals surface area contributed by atoms with Gasteiger partial charge in [0, 0.05) is 24.0 Å². The average molecular weight is 407 g/mol. The highest BCUT2D eigenvalue weighted by molar-refractivity contribution is 6.01. The third-order valence-corrected chi connectivity index (χ3v) is 6.47. The number of hydrogen-bond acceptors (Lipinski definition) is 4. The van der Waals surface area contributed by atoms with Gasteiger partial charge in [0.1, 0.15) is 0 Å². The van der Waals surface area contributed by atoms with Gasteiger partial charge in [-0.2, -0.15) is 0 Å². The Balaban J connectivity index is 1.56. The van der Waals surface area contributed by atoms with Gasteiger partial charge in [-0.25, -0.2) is 0 Å². The lowest BCUT2D eigenvalue weighted by Crippen LogP contribution is -2.41. The van der Waals surface area contributed by atoms with Crippen molar-refractivity contribution in [3.8, 4) is 11.5 Å². The van der Waals surface area contributed by atoms with E-state index < -0.39 is 5.41 Å². The van der Waals surface area contributed by atoms with Crippen LogP contribution in [0.2, 0.25) is 0 Å². The molecular weight excluding hydrogens is 376 g/mol. The second-order valence-electron chi connectivity index (χ2n) is 9.61. The molecule has 1 atom stereocenters. The summed E-state index contributed by atoms with van der Waals surface area (Å²) in [5.74, 6) is -0.438. The van der Waals surface area contributed by atoms with Crippen LogP contribution in [0, 0.1) is 5.41 Å². The van der Waals surface area contributed by atoms with Gasteiger partial charge in [0.25, 0.3) is 0 Å². The Bertz CT molecular complexity index is 1000. The van der Waals surface area contributed by atoms with Gasteiger partial charge >= 0.3 is 0 Å². The molecule has 1 heterocycles. The van der Waals surface area contributed by atoms with E-state index in [0.29, 0.717) is 6.04 Å². The molecule has 0 radical (unpaired) electrons. The first-order valence-electron chi connectivity index (χ1n) is 10.5. The summed E-state index contributed by atoms with van der Waals surface area (Å²) >= 11 is 0. The zero-order valence-electron chi connectivity index (χ0n) is 17.9. The highest BCUT2D eigenvalue weighted by atomic mass is 16.3. The van der Waals surface area contributed by atoms with Gasteiger partial charge in [-0.3, -0.25) is 4.79 Å². The lowest BCUT2D eigenvalue weighted by Gasteiger charge is -2.36. The zero-order chi connectivity index (χ0) is 21.7. The van der Waals surface area contributed by atoms with Crippen molar-refractivity contribution in [3.05, 3.63) is 60.2 Å². The maximum absolute atomic E-state index is 13.1. The first kappa shape index (κ1) is 20.3. The molecule has 0 spiro atoms. The second-order valence-corrected chi connectivity index (χ2v) is 9.61. The summed E-state index contributed by atoms with van der Waals surface area (Å²) in [6, 6.07) is 11.2. The number of rotatable bonds is 5. The predicted molar refractivity (Wildman–Crippen MR) is 120 cm³/mol. The van der Waals surface area contributed by atoms with Gasteiger partial charge in [0.2, 0.25) is 5.91 Å². The van der Waals surface area contributed by atoms with E-state index in [0.717, 1.165) is 37.1 Å². The molecule has 3 N–H and O–H groups in total. The molecule has 5 heteroatoms. The highest BCUT2D eigenvalue weighted by Gasteiger charge is 2.51. The summed E-state index contributed by atoms with van der Waals surface area (Å²) in [5.41, 5.74) is 3.47. The van der Waals surface area contributed by atoms with Gasteiger partial charge in [0.05, 0.1) is 5.41 Å². The molecule has 30 heavy (non-hydrogen) atoms. The van der Waals surface area contributed by atoms with Crippen LogP contribution in [0.15, 0.2) is 49.1 Å². The van der Waals surface area contributed by atoms with Crippen molar-refractivity contribution in [1.82, 2.24) is 0 Å². The van der Waals surface area contributed by atoms with Crippen molar-refractivity contribution in [2.75, 3.05) is 16.8 Å². The van der Waals surface area contributed by atoms with Gasteiger partial charge in [-0.1, -0.05) is 32.9 Å². The molecule has 5 nitrogen and oxygen atoms in total. The SMILES string of the molecule is C=CCN1c2ccc(NC(=O)C3(c4ccc(O)c(O)c4)CC3)cc2CC1C(C)(C)C. The summed E-state index contributed by atoms with van der Waals surface area (Å²) in [4.78, 5) is 15.5. The standard InChI is InChI=1S/C25H30N2O3/c1-5-12-27-19-8-7-18(13-16(19)14-22(27)24(2,3)4)26-23(30)25(10-11-25)17-6-9-20(28)21(29)15-17/h5-9,13,15,22,28-29H,1,10-12,14H2,2-4H3,(H,26,30). The van der Waals surface area contributed by atoms with Crippen LogP contribution < -0.4 is 10.2 Å². The molecule has 0 saturated heterocycles. The molecule has 1 saturated carbocycles. The van der Waals surface area contributed by atoms with Crippen LogP contribution in [-0.4, -0.2) is 28.7 Å². The first-order chi connectivity index (χ1) is 14.2. The van der Waals surface area contributed by atoms with Crippen LogP contribution >= 0.6 is 0 Å². The van der Waals surface area contributed by atoms with Crippen LogP contribution in [0.4, 0.5) is 11.4 Å². The van der Waals surface area contributed by atoms with E-state index in [1.54, 1.807) is 6.07 Å². The number of amides is 1. The molecule has 0 bridgehead atoms. The number of anilines is 2. The van der Waals surface area contributed by atoms with E-state index >= 15 is 0 Å². The Hall–Kier alpha value is -2.95. The fourth-order valence-electron chi connectivity index (χ4n) is 4.58. The number of carbonyl (C=O) groups is 1. The Morgan fingerprint density at radius 3 is 2.53 bits per heavy atom. The third-order valence-electron chi connectivity index (χ3n) is 6.47. The predicted octanol–water partition coefficient (Wildman–Crippen LogP) is 4.73. The summed E-state index contributed by atoms with van der Waals surface area (Å²) in [5, 5.41) is 22.5. The van der Waals surface area contributed by atoms with Crippen molar-refractivity contribution in [1.29, 1.82) is 0 Å². The van der Waals surface area contributed by atoms with Gasteiger partial charge in [-0.05, 0) is 66.1 Å². The molecule has 1 fully saturated rings. The summed E-state index contributed by atoms with van der Waals surface area (Å²) in [7, 11) is 0. The summed E-state index contributed by atoms with van der Waals surface area (Å²) in [6.45, 7) is 11.5. The number of fused-ring (bicyclic) bond motifs is 1.